The van der Waals surface area contributed by atoms with E-state index in [0.29, 0.717) is 11.8 Å². The van der Waals surface area contributed by atoms with Gasteiger partial charge < -0.3 is 4.90 Å². The van der Waals surface area contributed by atoms with E-state index in [4.69, 9.17) is 0 Å². The zero-order valence-corrected chi connectivity index (χ0v) is 17.1. The molecule has 1 aromatic heterocycles. The minimum absolute atomic E-state index is 0.182. The molecule has 0 N–H and O–H groups in total. The average Bonchev–Trinajstić information content (AvgIpc) is 3.10. The molecular weight excluding hydrogens is 346 g/mol. The van der Waals surface area contributed by atoms with E-state index in [1.165, 1.54) is 16.7 Å². The number of nitrogens with zero attached hydrogens (tertiary/aromatic N) is 3. The maximum Gasteiger partial charge on any atom is 0.230 e. The van der Waals surface area contributed by atoms with Gasteiger partial charge in [-0.25, -0.2) is 0 Å². The standard InChI is InChI=1S/C24H31N3O/c1-19(2)22-8-6-20(7-9-22)17-27-13-4-10-24(23(27)28)11-14-26(18-24)16-21-5-3-12-25-15-21/h3,5-9,12,15,19H,4,10-11,13-14,16-18H2,1-2H3. The molecule has 1 aromatic carbocycles. The van der Waals surface area contributed by atoms with Crippen molar-refractivity contribution in [1.29, 1.82) is 0 Å². The summed E-state index contributed by atoms with van der Waals surface area (Å²) in [6, 6.07) is 12.9. The molecule has 0 saturated carbocycles. The molecular formula is C24H31N3O. The van der Waals surface area contributed by atoms with Gasteiger partial charge in [-0.05, 0) is 54.5 Å². The Bertz CT molecular complexity index is 802. The van der Waals surface area contributed by atoms with Crippen molar-refractivity contribution in [3.63, 3.8) is 0 Å². The molecule has 0 bridgehead atoms. The van der Waals surface area contributed by atoms with Gasteiger partial charge in [0.25, 0.3) is 0 Å². The van der Waals surface area contributed by atoms with E-state index in [1.807, 2.05) is 18.5 Å². The predicted octanol–water partition coefficient (Wildman–Crippen LogP) is 4.22. The van der Waals surface area contributed by atoms with Crippen LogP contribution in [0.2, 0.25) is 0 Å². The Morgan fingerprint density at radius 2 is 1.86 bits per heavy atom. The lowest BCUT2D eigenvalue weighted by molar-refractivity contribution is -0.146. The Morgan fingerprint density at radius 3 is 2.57 bits per heavy atom. The van der Waals surface area contributed by atoms with Crippen LogP contribution < -0.4 is 0 Å². The summed E-state index contributed by atoms with van der Waals surface area (Å²) in [5.74, 6) is 0.901. The number of aromatic nitrogens is 1. The molecule has 1 amide bonds. The van der Waals surface area contributed by atoms with Crippen LogP contribution in [0.15, 0.2) is 48.8 Å². The number of carbonyl (C=O) groups excluding carboxylic acids is 1. The molecule has 1 unspecified atom stereocenters. The van der Waals surface area contributed by atoms with Crippen LogP contribution in [0, 0.1) is 5.41 Å². The number of pyridine rings is 1. The van der Waals surface area contributed by atoms with E-state index in [9.17, 15) is 4.79 Å². The van der Waals surface area contributed by atoms with Crippen molar-refractivity contribution >= 4 is 5.91 Å². The van der Waals surface area contributed by atoms with Crippen molar-refractivity contribution in [2.45, 2.75) is 52.1 Å². The minimum atomic E-state index is -0.182. The van der Waals surface area contributed by atoms with Crippen molar-refractivity contribution in [3.8, 4) is 0 Å². The molecule has 2 aliphatic heterocycles. The number of likely N-dealkylation sites (tertiary alicyclic amines) is 2. The molecule has 2 aromatic rings. The molecule has 4 nitrogen and oxygen atoms in total. The van der Waals surface area contributed by atoms with Gasteiger partial charge in [0.1, 0.15) is 0 Å². The van der Waals surface area contributed by atoms with Gasteiger partial charge in [-0.15, -0.1) is 0 Å². The highest BCUT2D eigenvalue weighted by atomic mass is 16.2. The van der Waals surface area contributed by atoms with E-state index in [-0.39, 0.29) is 5.41 Å². The lowest BCUT2D eigenvalue weighted by Crippen LogP contribution is -2.49. The Morgan fingerprint density at radius 1 is 1.04 bits per heavy atom. The van der Waals surface area contributed by atoms with E-state index in [2.05, 4.69) is 59.0 Å². The van der Waals surface area contributed by atoms with Crippen LogP contribution in [0.25, 0.3) is 0 Å². The number of piperidine rings is 1. The summed E-state index contributed by atoms with van der Waals surface area (Å²) < 4.78 is 0. The number of rotatable bonds is 5. The topological polar surface area (TPSA) is 36.4 Å². The van der Waals surface area contributed by atoms with Gasteiger partial charge in [-0.2, -0.15) is 0 Å². The van der Waals surface area contributed by atoms with Gasteiger partial charge in [0.2, 0.25) is 5.91 Å². The summed E-state index contributed by atoms with van der Waals surface area (Å²) in [4.78, 5) is 22.2. The summed E-state index contributed by atoms with van der Waals surface area (Å²) in [6.07, 6.45) is 6.86. The van der Waals surface area contributed by atoms with E-state index in [0.717, 1.165) is 52.0 Å². The van der Waals surface area contributed by atoms with Crippen molar-refractivity contribution in [3.05, 3.63) is 65.5 Å². The lowest BCUT2D eigenvalue weighted by atomic mass is 9.78. The Labute approximate surface area is 168 Å². The molecule has 1 atom stereocenters. The normalized spacial score (nSPS) is 23.1. The van der Waals surface area contributed by atoms with Crippen molar-refractivity contribution in [2.24, 2.45) is 5.41 Å². The van der Waals surface area contributed by atoms with Gasteiger partial charge >= 0.3 is 0 Å². The summed E-state index contributed by atoms with van der Waals surface area (Å²) in [5.41, 5.74) is 3.63. The quantitative estimate of drug-likeness (QED) is 0.783. The first-order valence-electron chi connectivity index (χ1n) is 10.6. The van der Waals surface area contributed by atoms with Crippen LogP contribution >= 0.6 is 0 Å². The van der Waals surface area contributed by atoms with Crippen molar-refractivity contribution in [2.75, 3.05) is 19.6 Å². The molecule has 1 spiro atoms. The van der Waals surface area contributed by atoms with E-state index >= 15 is 0 Å². The number of hydrogen-bond acceptors (Lipinski definition) is 3. The first kappa shape index (κ1) is 19.1. The third-order valence-electron chi connectivity index (χ3n) is 6.41. The lowest BCUT2D eigenvalue weighted by Gasteiger charge is -2.39. The molecule has 2 saturated heterocycles. The molecule has 3 heterocycles. The summed E-state index contributed by atoms with van der Waals surface area (Å²) in [6.45, 7) is 8.81. The van der Waals surface area contributed by atoms with Gasteiger partial charge in [-0.3, -0.25) is 14.7 Å². The fraction of sp³-hybridized carbons (Fsp3) is 0.500. The van der Waals surface area contributed by atoms with Gasteiger partial charge in [-0.1, -0.05) is 44.2 Å². The highest BCUT2D eigenvalue weighted by molar-refractivity contribution is 5.84. The average molecular weight is 378 g/mol. The summed E-state index contributed by atoms with van der Waals surface area (Å²) >= 11 is 0. The summed E-state index contributed by atoms with van der Waals surface area (Å²) in [7, 11) is 0. The number of carbonyl (C=O) groups is 1. The highest BCUT2D eigenvalue weighted by Gasteiger charge is 2.48. The van der Waals surface area contributed by atoms with Gasteiger partial charge in [0, 0.05) is 38.6 Å². The van der Waals surface area contributed by atoms with Crippen LogP contribution in [-0.4, -0.2) is 40.3 Å². The zero-order valence-electron chi connectivity index (χ0n) is 17.1. The van der Waals surface area contributed by atoms with Crippen LogP contribution in [0.5, 0.6) is 0 Å². The van der Waals surface area contributed by atoms with Crippen LogP contribution in [0.3, 0.4) is 0 Å². The molecule has 148 valence electrons. The molecule has 28 heavy (non-hydrogen) atoms. The third-order valence-corrected chi connectivity index (χ3v) is 6.41. The Balaban J connectivity index is 1.41. The van der Waals surface area contributed by atoms with Crippen LogP contribution in [0.4, 0.5) is 0 Å². The second kappa shape index (κ2) is 8.04. The Kier molecular flexibility index (Phi) is 5.49. The predicted molar refractivity (Wildman–Crippen MR) is 112 cm³/mol. The largest absolute Gasteiger partial charge is 0.338 e. The summed E-state index contributed by atoms with van der Waals surface area (Å²) in [5, 5.41) is 0. The molecule has 0 aliphatic carbocycles. The van der Waals surface area contributed by atoms with E-state index < -0.39 is 0 Å². The minimum Gasteiger partial charge on any atom is -0.338 e. The highest BCUT2D eigenvalue weighted by Crippen LogP contribution is 2.41. The molecule has 0 radical (unpaired) electrons. The molecule has 4 rings (SSSR count). The second-order valence-electron chi connectivity index (χ2n) is 8.83. The first-order valence-corrected chi connectivity index (χ1v) is 10.6. The monoisotopic (exact) mass is 377 g/mol. The smallest absolute Gasteiger partial charge is 0.230 e. The van der Waals surface area contributed by atoms with Crippen LogP contribution in [0.1, 0.15) is 55.7 Å². The second-order valence-corrected chi connectivity index (χ2v) is 8.83. The van der Waals surface area contributed by atoms with Gasteiger partial charge in [0.05, 0.1) is 5.41 Å². The SMILES string of the molecule is CC(C)c1ccc(CN2CCCC3(CCN(Cc4cccnc4)C3)C2=O)cc1. The first-order chi connectivity index (χ1) is 13.6. The number of hydrogen-bond donors (Lipinski definition) is 0. The van der Waals surface area contributed by atoms with Gasteiger partial charge in [0.15, 0.2) is 0 Å². The number of benzene rings is 1. The number of amides is 1. The van der Waals surface area contributed by atoms with Crippen molar-refractivity contribution in [1.82, 2.24) is 14.8 Å². The molecule has 2 fully saturated rings. The zero-order chi connectivity index (χ0) is 19.6. The van der Waals surface area contributed by atoms with Crippen molar-refractivity contribution < 1.29 is 4.79 Å². The fourth-order valence-corrected chi connectivity index (χ4v) is 4.75. The Hall–Kier alpha value is -2.20. The van der Waals surface area contributed by atoms with E-state index in [1.54, 1.807) is 0 Å². The molecule has 2 aliphatic rings. The maximum atomic E-state index is 13.4. The molecule has 4 heteroatoms. The maximum absolute atomic E-state index is 13.4. The van der Waals surface area contributed by atoms with Crippen LogP contribution in [-0.2, 0) is 17.9 Å². The third kappa shape index (κ3) is 3.97. The fourth-order valence-electron chi connectivity index (χ4n) is 4.75.